The summed E-state index contributed by atoms with van der Waals surface area (Å²) in [5.74, 6) is 0. The maximum absolute atomic E-state index is 6.82. The van der Waals surface area contributed by atoms with Gasteiger partial charge in [-0.25, -0.2) is 0 Å². The number of para-hydroxylation sites is 1. The summed E-state index contributed by atoms with van der Waals surface area (Å²) < 4.78 is 9.46. The molecular formula is C52H33NOS. The molecule has 2 nitrogen and oxygen atoms in total. The fourth-order valence-electron chi connectivity index (χ4n) is 8.16. The smallest absolute Gasteiger partial charge is 0.160 e. The Morgan fingerprint density at radius 2 is 0.982 bits per heavy atom. The highest BCUT2D eigenvalue weighted by Gasteiger charge is 2.22. The van der Waals surface area contributed by atoms with Crippen LogP contribution in [-0.4, -0.2) is 0 Å². The van der Waals surface area contributed by atoms with Crippen molar-refractivity contribution in [2.24, 2.45) is 0 Å². The third-order valence-corrected chi connectivity index (χ3v) is 12.0. The summed E-state index contributed by atoms with van der Waals surface area (Å²) in [6.45, 7) is 0. The minimum absolute atomic E-state index is 0.861. The Morgan fingerprint density at radius 3 is 1.76 bits per heavy atom. The van der Waals surface area contributed by atoms with E-state index >= 15 is 0 Å². The molecule has 0 aliphatic rings. The van der Waals surface area contributed by atoms with Crippen LogP contribution in [0.4, 0.5) is 17.1 Å². The number of benzene rings is 9. The molecular weight excluding hydrogens is 687 g/mol. The van der Waals surface area contributed by atoms with E-state index in [1.807, 2.05) is 17.4 Å². The molecule has 0 bridgehead atoms. The van der Waals surface area contributed by atoms with Crippen molar-refractivity contribution in [2.45, 2.75) is 0 Å². The molecule has 55 heavy (non-hydrogen) atoms. The minimum Gasteiger partial charge on any atom is -0.454 e. The highest BCUT2D eigenvalue weighted by molar-refractivity contribution is 7.25. The molecule has 0 aliphatic carbocycles. The Kier molecular flexibility index (Phi) is 7.39. The summed E-state index contributed by atoms with van der Waals surface area (Å²) in [7, 11) is 0. The summed E-state index contributed by atoms with van der Waals surface area (Å²) in [6, 6.07) is 72.1. The summed E-state index contributed by atoms with van der Waals surface area (Å²) in [5.41, 5.74) is 11.9. The maximum atomic E-state index is 6.82. The first-order valence-corrected chi connectivity index (χ1v) is 19.5. The van der Waals surface area contributed by atoms with Gasteiger partial charge in [-0.15, -0.1) is 11.3 Å². The minimum atomic E-state index is 0.861. The van der Waals surface area contributed by atoms with E-state index in [4.69, 9.17) is 4.42 Å². The Labute approximate surface area is 322 Å². The van der Waals surface area contributed by atoms with Gasteiger partial charge in [0.25, 0.3) is 0 Å². The van der Waals surface area contributed by atoms with E-state index in [1.54, 1.807) is 0 Å². The van der Waals surface area contributed by atoms with E-state index in [9.17, 15) is 0 Å². The molecule has 0 aliphatic heterocycles. The average molecular weight is 720 g/mol. The molecule has 258 valence electrons. The van der Waals surface area contributed by atoms with Gasteiger partial charge in [0.05, 0.1) is 5.69 Å². The third kappa shape index (κ3) is 5.40. The summed E-state index contributed by atoms with van der Waals surface area (Å²) in [4.78, 5) is 2.34. The van der Waals surface area contributed by atoms with Crippen LogP contribution in [0.2, 0.25) is 0 Å². The lowest BCUT2D eigenvalue weighted by atomic mass is 9.97. The molecule has 0 saturated heterocycles. The lowest BCUT2D eigenvalue weighted by Crippen LogP contribution is -2.10. The number of hydrogen-bond acceptors (Lipinski definition) is 3. The Hall–Kier alpha value is -6.94. The van der Waals surface area contributed by atoms with Crippen LogP contribution in [0.15, 0.2) is 205 Å². The Balaban J connectivity index is 1.07. The molecule has 9 aromatic carbocycles. The van der Waals surface area contributed by atoms with E-state index in [1.165, 1.54) is 53.2 Å². The van der Waals surface area contributed by atoms with E-state index in [-0.39, 0.29) is 0 Å². The largest absolute Gasteiger partial charge is 0.454 e. The molecule has 11 rings (SSSR count). The molecule has 2 heterocycles. The van der Waals surface area contributed by atoms with Crippen LogP contribution >= 0.6 is 11.3 Å². The van der Waals surface area contributed by atoms with Crippen LogP contribution in [0.5, 0.6) is 0 Å². The van der Waals surface area contributed by atoms with Crippen LogP contribution in [0.3, 0.4) is 0 Å². The highest BCUT2D eigenvalue weighted by atomic mass is 32.1. The molecule has 0 amide bonds. The fourth-order valence-corrected chi connectivity index (χ4v) is 9.24. The van der Waals surface area contributed by atoms with Gasteiger partial charge < -0.3 is 9.32 Å². The lowest BCUT2D eigenvalue weighted by molar-refractivity contribution is 0.669. The van der Waals surface area contributed by atoms with Crippen LogP contribution in [-0.2, 0) is 0 Å². The third-order valence-electron chi connectivity index (χ3n) is 10.9. The monoisotopic (exact) mass is 719 g/mol. The predicted molar refractivity (Wildman–Crippen MR) is 235 cm³/mol. The normalized spacial score (nSPS) is 11.6. The molecule has 0 spiro atoms. The van der Waals surface area contributed by atoms with Crippen molar-refractivity contribution in [3.8, 4) is 33.4 Å². The second-order valence-corrected chi connectivity index (χ2v) is 15.2. The van der Waals surface area contributed by atoms with E-state index in [2.05, 4.69) is 199 Å². The molecule has 0 radical (unpaired) electrons. The first-order valence-electron chi connectivity index (χ1n) is 18.7. The van der Waals surface area contributed by atoms with Gasteiger partial charge in [0.15, 0.2) is 5.58 Å². The predicted octanol–water partition coefficient (Wildman–Crippen LogP) is 15.6. The maximum Gasteiger partial charge on any atom is 0.160 e. The van der Waals surface area contributed by atoms with E-state index in [0.717, 1.165) is 50.1 Å². The van der Waals surface area contributed by atoms with E-state index in [0.29, 0.717) is 0 Å². The number of nitrogens with zero attached hydrogens (tertiary/aromatic N) is 1. The lowest BCUT2D eigenvalue weighted by Gasteiger charge is -2.26. The molecule has 0 atom stereocenters. The van der Waals surface area contributed by atoms with Gasteiger partial charge in [-0.3, -0.25) is 0 Å². The van der Waals surface area contributed by atoms with Crippen molar-refractivity contribution >= 4 is 81.3 Å². The van der Waals surface area contributed by atoms with E-state index < -0.39 is 0 Å². The van der Waals surface area contributed by atoms with Gasteiger partial charge in [-0.2, -0.15) is 0 Å². The number of furan rings is 1. The second-order valence-electron chi connectivity index (χ2n) is 14.1. The van der Waals surface area contributed by atoms with Gasteiger partial charge in [0.2, 0.25) is 0 Å². The van der Waals surface area contributed by atoms with Crippen LogP contribution in [0, 0.1) is 0 Å². The van der Waals surface area contributed by atoms with Gasteiger partial charge in [-0.1, -0.05) is 140 Å². The number of thiophene rings is 1. The molecule has 0 N–H and O–H groups in total. The van der Waals surface area contributed by atoms with Gasteiger partial charge >= 0.3 is 0 Å². The zero-order chi connectivity index (χ0) is 36.3. The highest BCUT2D eigenvalue weighted by Crippen LogP contribution is 2.46. The zero-order valence-corrected chi connectivity index (χ0v) is 30.6. The zero-order valence-electron chi connectivity index (χ0n) is 29.8. The molecule has 0 fully saturated rings. The van der Waals surface area contributed by atoms with Crippen molar-refractivity contribution < 1.29 is 4.42 Å². The van der Waals surface area contributed by atoms with Crippen molar-refractivity contribution in [1.29, 1.82) is 0 Å². The number of fused-ring (bicyclic) bond motifs is 7. The van der Waals surface area contributed by atoms with Crippen LogP contribution in [0.1, 0.15) is 0 Å². The first-order chi connectivity index (χ1) is 27.2. The van der Waals surface area contributed by atoms with Crippen molar-refractivity contribution in [2.75, 3.05) is 4.90 Å². The topological polar surface area (TPSA) is 16.4 Å². The van der Waals surface area contributed by atoms with Crippen molar-refractivity contribution in [3.05, 3.63) is 200 Å². The quantitative estimate of drug-likeness (QED) is 0.170. The van der Waals surface area contributed by atoms with Crippen LogP contribution in [0.25, 0.3) is 86.3 Å². The molecule has 3 heteroatoms. The Morgan fingerprint density at radius 1 is 0.382 bits per heavy atom. The molecule has 11 aromatic rings. The number of rotatable bonds is 6. The molecule has 0 unspecified atom stereocenters. The summed E-state index contributed by atoms with van der Waals surface area (Å²) >= 11 is 1.85. The average Bonchev–Trinajstić information content (AvgIpc) is 3.83. The summed E-state index contributed by atoms with van der Waals surface area (Å²) in [6.07, 6.45) is 0. The van der Waals surface area contributed by atoms with Crippen LogP contribution < -0.4 is 4.90 Å². The summed E-state index contributed by atoms with van der Waals surface area (Å²) in [5, 5.41) is 7.33. The number of hydrogen-bond donors (Lipinski definition) is 0. The Bertz CT molecular complexity index is 3190. The fraction of sp³-hybridized carbons (Fsp3) is 0. The SMILES string of the molecule is c1ccc(-c2ccc(N(c3ccc(-c4ccc5ccccc5c4)cc3)c3ccc(-c4ccc5sc6ccccc6c5c4)cc3)c3oc4ccccc4c23)cc1. The van der Waals surface area contributed by atoms with Gasteiger partial charge in [0, 0.05) is 42.3 Å². The van der Waals surface area contributed by atoms with Crippen molar-refractivity contribution in [3.63, 3.8) is 0 Å². The van der Waals surface area contributed by atoms with Crippen molar-refractivity contribution in [1.82, 2.24) is 0 Å². The van der Waals surface area contributed by atoms with Gasteiger partial charge in [0.1, 0.15) is 5.58 Å². The first kappa shape index (κ1) is 31.6. The molecule has 0 saturated carbocycles. The number of anilines is 3. The van der Waals surface area contributed by atoms with Gasteiger partial charge in [-0.05, 0) is 105 Å². The standard InChI is InChI=1S/C52H33NOS/c1-2-11-37(12-3-1)43-29-30-47(52-51(43)45-15-6-8-16-48(45)54-52)53(41-25-20-35(21-26-41)39-19-18-34-10-4-5-13-38(34)32-39)42-27-22-36(23-28-42)40-24-31-50-46(33-40)44-14-7-9-17-49(44)55-50/h1-33H. The molecule has 2 aromatic heterocycles. The second kappa shape index (κ2) is 12.9.